The standard InChI is InChI=1S/C17H19N3O/c21-17(16-2-1-9-20(16)15-5-6-15)19-14-4-3-12-7-8-18-11-13(12)10-14/h1-4,9-10,15,18H,5-8,11H2,(H,19,21). The van der Waals surface area contributed by atoms with Crippen LogP contribution in [0.3, 0.4) is 0 Å². The molecule has 4 rings (SSSR count). The topological polar surface area (TPSA) is 46.1 Å². The highest BCUT2D eigenvalue weighted by atomic mass is 16.1. The lowest BCUT2D eigenvalue weighted by Crippen LogP contribution is -2.24. The predicted octanol–water partition coefficient (Wildman–Crippen LogP) is 2.72. The third-order valence-corrected chi connectivity index (χ3v) is 4.30. The van der Waals surface area contributed by atoms with Crippen molar-refractivity contribution in [2.75, 3.05) is 11.9 Å². The van der Waals surface area contributed by atoms with E-state index in [4.69, 9.17) is 0 Å². The molecule has 1 fully saturated rings. The Balaban J connectivity index is 1.55. The number of carbonyl (C=O) groups is 1. The number of nitrogens with one attached hydrogen (secondary N) is 2. The summed E-state index contributed by atoms with van der Waals surface area (Å²) in [6.45, 7) is 1.92. The van der Waals surface area contributed by atoms with Gasteiger partial charge in [0.1, 0.15) is 5.69 Å². The summed E-state index contributed by atoms with van der Waals surface area (Å²) in [5.41, 5.74) is 4.31. The molecule has 0 atom stereocenters. The van der Waals surface area contributed by atoms with E-state index in [-0.39, 0.29) is 5.91 Å². The van der Waals surface area contributed by atoms with Crippen molar-refractivity contribution in [1.29, 1.82) is 0 Å². The Hall–Kier alpha value is -2.07. The molecule has 1 amide bonds. The van der Waals surface area contributed by atoms with Crippen LogP contribution in [-0.4, -0.2) is 17.0 Å². The van der Waals surface area contributed by atoms with E-state index >= 15 is 0 Å². The summed E-state index contributed by atoms with van der Waals surface area (Å²) in [6.07, 6.45) is 5.43. The predicted molar refractivity (Wildman–Crippen MR) is 82.5 cm³/mol. The molecule has 2 heterocycles. The SMILES string of the molecule is O=C(Nc1ccc2c(c1)CNCC2)c1cccn1C1CC1. The second-order valence-electron chi connectivity index (χ2n) is 5.90. The van der Waals surface area contributed by atoms with Gasteiger partial charge in [0.15, 0.2) is 0 Å². The molecule has 108 valence electrons. The van der Waals surface area contributed by atoms with E-state index in [2.05, 4.69) is 27.3 Å². The summed E-state index contributed by atoms with van der Waals surface area (Å²) >= 11 is 0. The molecule has 21 heavy (non-hydrogen) atoms. The molecule has 0 radical (unpaired) electrons. The number of amides is 1. The molecule has 1 aromatic heterocycles. The lowest BCUT2D eigenvalue weighted by atomic mass is 10.0. The molecule has 4 heteroatoms. The first-order chi connectivity index (χ1) is 10.3. The summed E-state index contributed by atoms with van der Waals surface area (Å²) < 4.78 is 2.09. The van der Waals surface area contributed by atoms with Crippen LogP contribution < -0.4 is 10.6 Å². The van der Waals surface area contributed by atoms with Crippen molar-refractivity contribution in [3.63, 3.8) is 0 Å². The minimum Gasteiger partial charge on any atom is -0.340 e. The van der Waals surface area contributed by atoms with E-state index in [1.165, 1.54) is 24.0 Å². The number of hydrogen-bond acceptors (Lipinski definition) is 2. The van der Waals surface area contributed by atoms with Gasteiger partial charge in [0.25, 0.3) is 5.91 Å². The van der Waals surface area contributed by atoms with Gasteiger partial charge < -0.3 is 15.2 Å². The number of rotatable bonds is 3. The third-order valence-electron chi connectivity index (χ3n) is 4.30. The summed E-state index contributed by atoms with van der Waals surface area (Å²) in [7, 11) is 0. The van der Waals surface area contributed by atoms with E-state index in [1.807, 2.05) is 24.4 Å². The molecule has 0 bridgehead atoms. The average molecular weight is 281 g/mol. The second-order valence-corrected chi connectivity index (χ2v) is 5.90. The summed E-state index contributed by atoms with van der Waals surface area (Å²) in [5, 5.41) is 6.39. The van der Waals surface area contributed by atoms with Crippen molar-refractivity contribution in [3.05, 3.63) is 53.3 Å². The van der Waals surface area contributed by atoms with Crippen LogP contribution in [0, 0.1) is 0 Å². The van der Waals surface area contributed by atoms with Gasteiger partial charge in [-0.1, -0.05) is 6.07 Å². The quantitative estimate of drug-likeness (QED) is 0.908. The van der Waals surface area contributed by atoms with E-state index in [0.717, 1.165) is 30.9 Å². The van der Waals surface area contributed by atoms with Crippen LogP contribution in [-0.2, 0) is 13.0 Å². The largest absolute Gasteiger partial charge is 0.340 e. The molecule has 2 aliphatic rings. The Kier molecular flexibility index (Phi) is 3.04. The first-order valence-electron chi connectivity index (χ1n) is 7.62. The minimum atomic E-state index is -0.0179. The van der Waals surface area contributed by atoms with Crippen LogP contribution in [0.1, 0.15) is 40.5 Å². The monoisotopic (exact) mass is 281 g/mol. The van der Waals surface area contributed by atoms with Crippen molar-refractivity contribution < 1.29 is 4.79 Å². The molecule has 1 aromatic carbocycles. The number of benzene rings is 1. The molecule has 1 aliphatic heterocycles. The Morgan fingerprint density at radius 2 is 2.14 bits per heavy atom. The van der Waals surface area contributed by atoms with Gasteiger partial charge in [-0.05, 0) is 61.2 Å². The molecule has 0 spiro atoms. The van der Waals surface area contributed by atoms with Gasteiger partial charge in [0, 0.05) is 24.5 Å². The maximum atomic E-state index is 12.4. The lowest BCUT2D eigenvalue weighted by molar-refractivity contribution is 0.101. The average Bonchev–Trinajstić information content (AvgIpc) is 3.24. The number of anilines is 1. The zero-order chi connectivity index (χ0) is 14.2. The van der Waals surface area contributed by atoms with E-state index in [1.54, 1.807) is 0 Å². The Labute approximate surface area is 124 Å². The maximum absolute atomic E-state index is 12.4. The number of fused-ring (bicyclic) bond motifs is 1. The summed E-state index contributed by atoms with van der Waals surface area (Å²) in [6, 6.07) is 10.6. The zero-order valence-corrected chi connectivity index (χ0v) is 11.9. The van der Waals surface area contributed by atoms with Gasteiger partial charge in [0.05, 0.1) is 0 Å². The first-order valence-corrected chi connectivity index (χ1v) is 7.62. The van der Waals surface area contributed by atoms with Crippen LogP contribution in [0.25, 0.3) is 0 Å². The fourth-order valence-corrected chi connectivity index (χ4v) is 3.01. The van der Waals surface area contributed by atoms with Crippen LogP contribution in [0.15, 0.2) is 36.5 Å². The van der Waals surface area contributed by atoms with E-state index < -0.39 is 0 Å². The van der Waals surface area contributed by atoms with Gasteiger partial charge >= 0.3 is 0 Å². The Morgan fingerprint density at radius 3 is 3.00 bits per heavy atom. The van der Waals surface area contributed by atoms with E-state index in [0.29, 0.717) is 6.04 Å². The van der Waals surface area contributed by atoms with Gasteiger partial charge in [0.2, 0.25) is 0 Å². The fraction of sp³-hybridized carbons (Fsp3) is 0.353. The molecular formula is C17H19N3O. The molecule has 4 nitrogen and oxygen atoms in total. The molecule has 0 saturated heterocycles. The molecule has 2 N–H and O–H groups in total. The fourth-order valence-electron chi connectivity index (χ4n) is 3.01. The second kappa shape index (κ2) is 5.04. The highest BCUT2D eigenvalue weighted by Crippen LogP contribution is 2.36. The molecule has 0 unspecified atom stereocenters. The lowest BCUT2D eigenvalue weighted by Gasteiger charge is -2.18. The van der Waals surface area contributed by atoms with Crippen LogP contribution >= 0.6 is 0 Å². The van der Waals surface area contributed by atoms with Crippen molar-refractivity contribution in [1.82, 2.24) is 9.88 Å². The molecule has 1 saturated carbocycles. The number of nitrogens with zero attached hydrogens (tertiary/aromatic N) is 1. The van der Waals surface area contributed by atoms with Gasteiger partial charge in [-0.2, -0.15) is 0 Å². The summed E-state index contributed by atoms with van der Waals surface area (Å²) in [5.74, 6) is -0.0179. The van der Waals surface area contributed by atoms with Gasteiger partial charge in [-0.15, -0.1) is 0 Å². The van der Waals surface area contributed by atoms with Crippen LogP contribution in [0.2, 0.25) is 0 Å². The highest BCUT2D eigenvalue weighted by molar-refractivity contribution is 6.03. The molecule has 2 aromatic rings. The van der Waals surface area contributed by atoms with E-state index in [9.17, 15) is 4.79 Å². The Bertz CT molecular complexity index is 685. The van der Waals surface area contributed by atoms with Crippen molar-refractivity contribution >= 4 is 11.6 Å². The highest BCUT2D eigenvalue weighted by Gasteiger charge is 2.26. The normalized spacial score (nSPS) is 17.3. The minimum absolute atomic E-state index is 0.0179. The first kappa shape index (κ1) is 12.7. The third kappa shape index (κ3) is 2.47. The van der Waals surface area contributed by atoms with Crippen LogP contribution in [0.4, 0.5) is 5.69 Å². The number of carbonyl (C=O) groups excluding carboxylic acids is 1. The zero-order valence-electron chi connectivity index (χ0n) is 11.9. The van der Waals surface area contributed by atoms with Crippen molar-refractivity contribution in [2.45, 2.75) is 31.8 Å². The van der Waals surface area contributed by atoms with Crippen LogP contribution in [0.5, 0.6) is 0 Å². The molecular weight excluding hydrogens is 262 g/mol. The van der Waals surface area contributed by atoms with Gasteiger partial charge in [-0.25, -0.2) is 0 Å². The summed E-state index contributed by atoms with van der Waals surface area (Å²) in [4.78, 5) is 12.4. The van der Waals surface area contributed by atoms with Gasteiger partial charge in [-0.3, -0.25) is 4.79 Å². The number of aromatic nitrogens is 1. The Morgan fingerprint density at radius 1 is 1.24 bits per heavy atom. The molecule has 1 aliphatic carbocycles. The maximum Gasteiger partial charge on any atom is 0.272 e. The van der Waals surface area contributed by atoms with Crippen molar-refractivity contribution in [3.8, 4) is 0 Å². The smallest absolute Gasteiger partial charge is 0.272 e. The van der Waals surface area contributed by atoms with Crippen molar-refractivity contribution in [2.24, 2.45) is 0 Å². The number of hydrogen-bond donors (Lipinski definition) is 2.